The highest BCUT2D eigenvalue weighted by Gasteiger charge is 1.79. The average molecular weight is 136 g/mol. The first-order valence-corrected chi connectivity index (χ1v) is 2.82. The first-order chi connectivity index (χ1) is 4.43. The molecule has 1 aromatic rings. The lowest BCUT2D eigenvalue weighted by molar-refractivity contribution is 1.32. The fourth-order valence-corrected chi connectivity index (χ4v) is 0.577. The standard InChI is InChI=1S/C6H4N2S/c9-5-8-6-1-3-7-4-2-6/h1-4H. The number of isothiocyanates is 1. The highest BCUT2D eigenvalue weighted by Crippen LogP contribution is 2.05. The zero-order valence-corrected chi connectivity index (χ0v) is 5.43. The van der Waals surface area contributed by atoms with Crippen LogP contribution in [0.4, 0.5) is 5.69 Å². The Morgan fingerprint density at radius 2 is 2.11 bits per heavy atom. The molecule has 1 rings (SSSR count). The maximum Gasteiger partial charge on any atom is 0.0770 e. The summed E-state index contributed by atoms with van der Waals surface area (Å²) >= 11 is 4.40. The van der Waals surface area contributed by atoms with Crippen LogP contribution in [0.1, 0.15) is 0 Å². The third-order valence-corrected chi connectivity index (χ3v) is 0.929. The Balaban J connectivity index is 2.97. The Bertz CT molecular complexity index is 226. The Hall–Kier alpha value is -1.05. The van der Waals surface area contributed by atoms with E-state index in [2.05, 4.69) is 27.4 Å². The van der Waals surface area contributed by atoms with Crippen molar-refractivity contribution in [2.75, 3.05) is 0 Å². The molecule has 0 saturated heterocycles. The van der Waals surface area contributed by atoms with E-state index in [1.54, 1.807) is 24.5 Å². The smallest absolute Gasteiger partial charge is 0.0770 e. The summed E-state index contributed by atoms with van der Waals surface area (Å²) in [6.07, 6.45) is 3.32. The van der Waals surface area contributed by atoms with Crippen molar-refractivity contribution in [1.29, 1.82) is 0 Å². The van der Waals surface area contributed by atoms with Crippen molar-refractivity contribution in [1.82, 2.24) is 4.98 Å². The van der Waals surface area contributed by atoms with Gasteiger partial charge in [-0.2, -0.15) is 4.99 Å². The SMILES string of the molecule is S=C=Nc1ccncc1. The molecule has 0 amide bonds. The van der Waals surface area contributed by atoms with Crippen molar-refractivity contribution in [3.8, 4) is 0 Å². The second-order valence-corrected chi connectivity index (χ2v) is 1.59. The van der Waals surface area contributed by atoms with Gasteiger partial charge in [-0.25, -0.2) is 0 Å². The summed E-state index contributed by atoms with van der Waals surface area (Å²) < 4.78 is 0. The molecule has 3 heteroatoms. The van der Waals surface area contributed by atoms with Crippen LogP contribution in [0.15, 0.2) is 29.5 Å². The van der Waals surface area contributed by atoms with Gasteiger partial charge in [-0.15, -0.1) is 0 Å². The number of rotatable bonds is 1. The van der Waals surface area contributed by atoms with Crippen LogP contribution in [0.2, 0.25) is 0 Å². The molecule has 0 aliphatic heterocycles. The maximum absolute atomic E-state index is 4.40. The minimum Gasteiger partial charge on any atom is -0.265 e. The summed E-state index contributed by atoms with van der Waals surface area (Å²) in [7, 11) is 0. The van der Waals surface area contributed by atoms with Gasteiger partial charge in [-0.05, 0) is 24.4 Å². The van der Waals surface area contributed by atoms with E-state index in [9.17, 15) is 0 Å². The molecule has 0 unspecified atom stereocenters. The quantitative estimate of drug-likeness (QED) is 0.434. The lowest BCUT2D eigenvalue weighted by Gasteiger charge is -1.83. The Kier molecular flexibility index (Phi) is 2.07. The predicted molar refractivity (Wildman–Crippen MR) is 38.9 cm³/mol. The molecule has 9 heavy (non-hydrogen) atoms. The second kappa shape index (κ2) is 3.07. The molecular formula is C6H4N2S. The van der Waals surface area contributed by atoms with E-state index in [4.69, 9.17) is 0 Å². The number of thiocarbonyl (C=S) groups is 1. The molecule has 0 bridgehead atoms. The molecular weight excluding hydrogens is 132 g/mol. The van der Waals surface area contributed by atoms with Crippen LogP contribution in [-0.2, 0) is 0 Å². The van der Waals surface area contributed by atoms with E-state index in [1.807, 2.05) is 0 Å². The van der Waals surface area contributed by atoms with Crippen LogP contribution in [0.5, 0.6) is 0 Å². The van der Waals surface area contributed by atoms with Gasteiger partial charge in [0.25, 0.3) is 0 Å². The molecule has 0 aliphatic rings. The normalized spacial score (nSPS) is 8.00. The summed E-state index contributed by atoms with van der Waals surface area (Å²) in [5.74, 6) is 0. The maximum atomic E-state index is 4.40. The summed E-state index contributed by atoms with van der Waals surface area (Å²) in [6, 6.07) is 3.53. The van der Waals surface area contributed by atoms with E-state index in [0.29, 0.717) is 0 Å². The summed E-state index contributed by atoms with van der Waals surface area (Å²) in [6.45, 7) is 0. The summed E-state index contributed by atoms with van der Waals surface area (Å²) in [4.78, 5) is 7.54. The van der Waals surface area contributed by atoms with Gasteiger partial charge in [0.2, 0.25) is 0 Å². The topological polar surface area (TPSA) is 25.2 Å². The predicted octanol–water partition coefficient (Wildman–Crippen LogP) is 1.82. The van der Waals surface area contributed by atoms with E-state index < -0.39 is 0 Å². The van der Waals surface area contributed by atoms with Gasteiger partial charge in [0.1, 0.15) is 0 Å². The average Bonchev–Trinajstić information content (AvgIpc) is 1.91. The lowest BCUT2D eigenvalue weighted by Crippen LogP contribution is -1.64. The molecule has 0 fully saturated rings. The molecule has 0 atom stereocenters. The van der Waals surface area contributed by atoms with Crippen molar-refractivity contribution in [2.24, 2.45) is 4.99 Å². The van der Waals surface area contributed by atoms with Crippen molar-refractivity contribution in [3.05, 3.63) is 24.5 Å². The van der Waals surface area contributed by atoms with Crippen molar-refractivity contribution in [2.45, 2.75) is 0 Å². The van der Waals surface area contributed by atoms with E-state index in [1.165, 1.54) is 0 Å². The first kappa shape index (κ1) is 6.08. The van der Waals surface area contributed by atoms with Crippen LogP contribution in [0.3, 0.4) is 0 Å². The molecule has 44 valence electrons. The largest absolute Gasteiger partial charge is 0.265 e. The fourth-order valence-electron chi connectivity index (χ4n) is 0.471. The molecule has 1 aromatic heterocycles. The minimum atomic E-state index is 0.792. The molecule has 0 N–H and O–H groups in total. The van der Waals surface area contributed by atoms with Gasteiger partial charge in [0.05, 0.1) is 10.8 Å². The molecule has 0 aliphatic carbocycles. The molecule has 0 spiro atoms. The Morgan fingerprint density at radius 3 is 2.67 bits per heavy atom. The van der Waals surface area contributed by atoms with Crippen LogP contribution in [0, 0.1) is 0 Å². The van der Waals surface area contributed by atoms with Crippen LogP contribution in [0.25, 0.3) is 0 Å². The Labute approximate surface area is 58.3 Å². The minimum absolute atomic E-state index is 0.792. The van der Waals surface area contributed by atoms with Crippen molar-refractivity contribution < 1.29 is 0 Å². The molecule has 0 radical (unpaired) electrons. The fraction of sp³-hybridized carbons (Fsp3) is 0. The van der Waals surface area contributed by atoms with Gasteiger partial charge < -0.3 is 0 Å². The number of nitrogens with zero attached hydrogens (tertiary/aromatic N) is 2. The molecule has 1 heterocycles. The first-order valence-electron chi connectivity index (χ1n) is 2.41. The highest BCUT2D eigenvalue weighted by molar-refractivity contribution is 7.78. The second-order valence-electron chi connectivity index (χ2n) is 1.41. The lowest BCUT2D eigenvalue weighted by atomic mass is 10.4. The number of pyridine rings is 1. The van der Waals surface area contributed by atoms with E-state index in [0.717, 1.165) is 5.69 Å². The van der Waals surface area contributed by atoms with Gasteiger partial charge in [0.15, 0.2) is 0 Å². The van der Waals surface area contributed by atoms with Gasteiger partial charge in [-0.3, -0.25) is 4.98 Å². The number of aliphatic imine (C=N–C) groups is 1. The third-order valence-electron chi connectivity index (χ3n) is 0.837. The van der Waals surface area contributed by atoms with Gasteiger partial charge in [0, 0.05) is 12.4 Å². The van der Waals surface area contributed by atoms with Crippen molar-refractivity contribution >= 4 is 23.1 Å². The Morgan fingerprint density at radius 1 is 1.44 bits per heavy atom. The third kappa shape index (κ3) is 1.72. The molecule has 0 aromatic carbocycles. The number of aromatic nitrogens is 1. The van der Waals surface area contributed by atoms with Crippen molar-refractivity contribution in [3.63, 3.8) is 0 Å². The monoisotopic (exact) mass is 136 g/mol. The van der Waals surface area contributed by atoms with Crippen LogP contribution >= 0.6 is 12.2 Å². The highest BCUT2D eigenvalue weighted by atomic mass is 32.1. The molecule has 0 saturated carbocycles. The number of hydrogen-bond donors (Lipinski definition) is 0. The zero-order chi connectivity index (χ0) is 6.53. The zero-order valence-electron chi connectivity index (χ0n) is 4.61. The summed E-state index contributed by atoms with van der Waals surface area (Å²) in [5, 5.41) is 2.26. The number of hydrogen-bond acceptors (Lipinski definition) is 3. The van der Waals surface area contributed by atoms with E-state index in [-0.39, 0.29) is 0 Å². The van der Waals surface area contributed by atoms with Gasteiger partial charge >= 0.3 is 0 Å². The van der Waals surface area contributed by atoms with Crippen LogP contribution in [-0.4, -0.2) is 10.1 Å². The van der Waals surface area contributed by atoms with E-state index >= 15 is 0 Å². The van der Waals surface area contributed by atoms with Crippen LogP contribution < -0.4 is 0 Å². The molecule has 2 nitrogen and oxygen atoms in total. The summed E-state index contributed by atoms with van der Waals surface area (Å²) in [5.41, 5.74) is 0.792. The van der Waals surface area contributed by atoms with Gasteiger partial charge in [-0.1, -0.05) is 0 Å².